The predicted octanol–water partition coefficient (Wildman–Crippen LogP) is 6.19. The fourth-order valence-corrected chi connectivity index (χ4v) is 2.99. The van der Waals surface area contributed by atoms with Crippen LogP contribution in [0.4, 0.5) is 5.69 Å². The maximum absolute atomic E-state index is 12.7. The molecule has 0 bridgehead atoms. The molecule has 0 spiro atoms. The summed E-state index contributed by atoms with van der Waals surface area (Å²) in [6.07, 6.45) is 0. The number of nitrogens with one attached hydrogen (secondary N) is 1. The molecular weight excluding hydrogens is 386 g/mol. The molecule has 0 saturated carbocycles. The average molecular weight is 410 g/mol. The van der Waals surface area contributed by atoms with Crippen molar-refractivity contribution in [3.8, 4) is 11.5 Å². The zero-order valence-corrected chi connectivity index (χ0v) is 17.5. The lowest BCUT2D eigenvalue weighted by Crippen LogP contribution is -2.13. The molecule has 0 heterocycles. The number of ether oxygens (including phenoxy) is 2. The Morgan fingerprint density at radius 1 is 0.966 bits per heavy atom. The smallest absolute Gasteiger partial charge is 0.255 e. The second kappa shape index (κ2) is 9.48. The first-order valence-electron chi connectivity index (χ1n) is 9.49. The summed E-state index contributed by atoms with van der Waals surface area (Å²) in [5, 5.41) is 3.51. The molecule has 5 heteroatoms. The van der Waals surface area contributed by atoms with E-state index in [9.17, 15) is 4.79 Å². The average Bonchev–Trinajstić information content (AvgIpc) is 2.72. The second-order valence-corrected chi connectivity index (χ2v) is 7.14. The number of carbonyl (C=O) groups excluding carboxylic acids is 1. The van der Waals surface area contributed by atoms with Crippen molar-refractivity contribution in [3.05, 3.63) is 87.9 Å². The third-order valence-electron chi connectivity index (χ3n) is 4.54. The number of carbonyl (C=O) groups is 1. The van der Waals surface area contributed by atoms with Gasteiger partial charge < -0.3 is 14.8 Å². The van der Waals surface area contributed by atoms with E-state index in [-0.39, 0.29) is 5.91 Å². The summed E-state index contributed by atoms with van der Waals surface area (Å²) in [4.78, 5) is 12.7. The van der Waals surface area contributed by atoms with Crippen LogP contribution in [0.15, 0.2) is 60.7 Å². The monoisotopic (exact) mass is 409 g/mol. The van der Waals surface area contributed by atoms with Crippen molar-refractivity contribution in [1.82, 2.24) is 0 Å². The number of anilines is 1. The van der Waals surface area contributed by atoms with Crippen LogP contribution in [0.25, 0.3) is 0 Å². The molecule has 1 N–H and O–H groups in total. The molecular formula is C24H24ClNO3. The highest BCUT2D eigenvalue weighted by molar-refractivity contribution is 6.31. The Bertz CT molecular complexity index is 1000. The number of hydrogen-bond donors (Lipinski definition) is 1. The van der Waals surface area contributed by atoms with E-state index in [1.165, 1.54) is 5.56 Å². The van der Waals surface area contributed by atoms with Crippen molar-refractivity contribution in [1.29, 1.82) is 0 Å². The van der Waals surface area contributed by atoms with Gasteiger partial charge in [-0.05, 0) is 62.2 Å². The van der Waals surface area contributed by atoms with Crippen LogP contribution >= 0.6 is 11.6 Å². The fourth-order valence-electron chi connectivity index (χ4n) is 2.82. The number of hydrogen-bond acceptors (Lipinski definition) is 3. The molecule has 3 aromatic carbocycles. The summed E-state index contributed by atoms with van der Waals surface area (Å²) < 4.78 is 11.6. The third-order valence-corrected chi connectivity index (χ3v) is 4.95. The molecule has 0 aliphatic carbocycles. The van der Waals surface area contributed by atoms with Crippen molar-refractivity contribution in [2.24, 2.45) is 0 Å². The van der Waals surface area contributed by atoms with Crippen LogP contribution in [0, 0.1) is 13.8 Å². The van der Waals surface area contributed by atoms with Gasteiger partial charge in [-0.25, -0.2) is 0 Å². The van der Waals surface area contributed by atoms with E-state index in [1.807, 2.05) is 51.1 Å². The maximum atomic E-state index is 12.7. The minimum Gasteiger partial charge on any atom is -0.490 e. The Morgan fingerprint density at radius 2 is 1.72 bits per heavy atom. The van der Waals surface area contributed by atoms with Gasteiger partial charge in [0, 0.05) is 16.3 Å². The van der Waals surface area contributed by atoms with Crippen LogP contribution in [-0.4, -0.2) is 12.5 Å². The van der Waals surface area contributed by atoms with Gasteiger partial charge in [0.25, 0.3) is 5.91 Å². The lowest BCUT2D eigenvalue weighted by molar-refractivity contribution is 0.102. The zero-order valence-electron chi connectivity index (χ0n) is 16.8. The Hall–Kier alpha value is -2.98. The zero-order chi connectivity index (χ0) is 20.8. The number of rotatable bonds is 7. The van der Waals surface area contributed by atoms with E-state index in [4.69, 9.17) is 21.1 Å². The minimum atomic E-state index is -0.235. The molecule has 3 rings (SSSR count). The minimum absolute atomic E-state index is 0.235. The molecule has 29 heavy (non-hydrogen) atoms. The van der Waals surface area contributed by atoms with Crippen LogP contribution in [0.2, 0.25) is 5.02 Å². The van der Waals surface area contributed by atoms with E-state index in [2.05, 4.69) is 5.32 Å². The van der Waals surface area contributed by atoms with Crippen molar-refractivity contribution >= 4 is 23.2 Å². The first-order chi connectivity index (χ1) is 14.0. The molecule has 0 saturated heterocycles. The Labute approximate surface area is 176 Å². The fraction of sp³-hybridized carbons (Fsp3) is 0.208. The number of amides is 1. The molecule has 0 unspecified atom stereocenters. The molecule has 4 nitrogen and oxygen atoms in total. The van der Waals surface area contributed by atoms with Crippen molar-refractivity contribution in [2.45, 2.75) is 27.4 Å². The molecule has 3 aromatic rings. The van der Waals surface area contributed by atoms with Gasteiger partial charge >= 0.3 is 0 Å². The highest BCUT2D eigenvalue weighted by Crippen LogP contribution is 2.30. The van der Waals surface area contributed by atoms with Gasteiger partial charge in [0.1, 0.15) is 6.61 Å². The topological polar surface area (TPSA) is 47.6 Å². The van der Waals surface area contributed by atoms with E-state index in [0.29, 0.717) is 41.0 Å². The highest BCUT2D eigenvalue weighted by Gasteiger charge is 2.13. The molecule has 1 amide bonds. The number of aryl methyl sites for hydroxylation is 1. The van der Waals surface area contributed by atoms with Crippen LogP contribution in [0.1, 0.15) is 34.0 Å². The lowest BCUT2D eigenvalue weighted by Gasteiger charge is -2.14. The molecule has 0 radical (unpaired) electrons. The van der Waals surface area contributed by atoms with Gasteiger partial charge in [-0.3, -0.25) is 4.79 Å². The second-order valence-electron chi connectivity index (χ2n) is 6.74. The predicted molar refractivity (Wildman–Crippen MR) is 117 cm³/mol. The van der Waals surface area contributed by atoms with Crippen molar-refractivity contribution in [2.75, 3.05) is 11.9 Å². The SMILES string of the molecule is CCOc1cc(C(=O)Nc2cccc(Cl)c2C)ccc1OCc1ccc(C)cc1. The van der Waals surface area contributed by atoms with E-state index < -0.39 is 0 Å². The highest BCUT2D eigenvalue weighted by atomic mass is 35.5. The summed E-state index contributed by atoms with van der Waals surface area (Å²) in [5.74, 6) is 0.902. The Morgan fingerprint density at radius 3 is 2.45 bits per heavy atom. The van der Waals surface area contributed by atoms with Gasteiger partial charge in [0.05, 0.1) is 6.61 Å². The molecule has 0 fully saturated rings. The van der Waals surface area contributed by atoms with Crippen molar-refractivity contribution < 1.29 is 14.3 Å². The van der Waals surface area contributed by atoms with Gasteiger partial charge in [-0.15, -0.1) is 0 Å². The van der Waals surface area contributed by atoms with Crippen molar-refractivity contribution in [3.63, 3.8) is 0 Å². The maximum Gasteiger partial charge on any atom is 0.255 e. The number of halogens is 1. The van der Waals surface area contributed by atoms with Gasteiger partial charge in [0.15, 0.2) is 11.5 Å². The standard InChI is InChI=1S/C24H24ClNO3/c1-4-28-23-14-19(24(27)26-21-7-5-6-20(25)17(21)3)12-13-22(23)29-15-18-10-8-16(2)9-11-18/h5-14H,4,15H2,1-3H3,(H,26,27). The molecule has 0 aliphatic heterocycles. The van der Waals surface area contributed by atoms with Crippen LogP contribution in [-0.2, 0) is 6.61 Å². The number of benzene rings is 3. The first kappa shape index (κ1) is 20.7. The molecule has 0 atom stereocenters. The first-order valence-corrected chi connectivity index (χ1v) is 9.87. The summed E-state index contributed by atoms with van der Waals surface area (Å²) in [7, 11) is 0. The largest absolute Gasteiger partial charge is 0.490 e. The van der Waals surface area contributed by atoms with Crippen LogP contribution in [0.5, 0.6) is 11.5 Å². The quantitative estimate of drug-likeness (QED) is 0.506. The lowest BCUT2D eigenvalue weighted by atomic mass is 10.1. The van der Waals surface area contributed by atoms with Gasteiger partial charge in [-0.2, -0.15) is 0 Å². The van der Waals surface area contributed by atoms with Gasteiger partial charge in [-0.1, -0.05) is 47.5 Å². The van der Waals surface area contributed by atoms with Crippen LogP contribution in [0.3, 0.4) is 0 Å². The summed E-state index contributed by atoms with van der Waals surface area (Å²) in [5.41, 5.74) is 4.26. The summed E-state index contributed by atoms with van der Waals surface area (Å²) >= 11 is 6.14. The van der Waals surface area contributed by atoms with Crippen LogP contribution < -0.4 is 14.8 Å². The van der Waals surface area contributed by atoms with E-state index in [0.717, 1.165) is 11.1 Å². The summed E-state index contributed by atoms with van der Waals surface area (Å²) in [6.45, 7) is 6.71. The normalized spacial score (nSPS) is 10.5. The Kier molecular flexibility index (Phi) is 6.78. The Balaban J connectivity index is 1.76. The third kappa shape index (κ3) is 5.30. The molecule has 0 aliphatic rings. The summed E-state index contributed by atoms with van der Waals surface area (Å²) in [6, 6.07) is 18.8. The molecule has 150 valence electrons. The van der Waals surface area contributed by atoms with Gasteiger partial charge in [0.2, 0.25) is 0 Å². The molecule has 0 aromatic heterocycles. The van der Waals surface area contributed by atoms with E-state index in [1.54, 1.807) is 30.3 Å². The van der Waals surface area contributed by atoms with E-state index >= 15 is 0 Å².